The molecule has 204 valence electrons. The number of phenols is 1. The summed E-state index contributed by atoms with van der Waals surface area (Å²) in [7, 11) is 0. The van der Waals surface area contributed by atoms with Gasteiger partial charge in [-0.25, -0.2) is 4.79 Å². The lowest BCUT2D eigenvalue weighted by Crippen LogP contribution is -2.57. The van der Waals surface area contributed by atoms with Crippen LogP contribution in [0, 0.1) is 0 Å². The number of nitrogens with two attached hydrogens (primary N) is 1. The van der Waals surface area contributed by atoms with E-state index >= 15 is 0 Å². The molecule has 0 aliphatic rings. The second-order valence-corrected chi connectivity index (χ2v) is 8.96. The zero-order valence-electron chi connectivity index (χ0n) is 19.9. The highest BCUT2D eigenvalue weighted by Gasteiger charge is 2.31. The van der Waals surface area contributed by atoms with Crippen molar-refractivity contribution in [3.63, 3.8) is 0 Å². The molecule has 0 bridgehead atoms. The molecular weight excluding hydrogens is 512 g/mol. The van der Waals surface area contributed by atoms with Crippen LogP contribution in [-0.2, 0) is 35.2 Å². The van der Waals surface area contributed by atoms with E-state index in [1.165, 1.54) is 36.0 Å². The molecule has 3 amide bonds. The molecule has 15 heteroatoms. The Morgan fingerprint density at radius 1 is 0.811 bits per heavy atom. The number of thioether (sulfide) groups is 1. The van der Waals surface area contributed by atoms with Gasteiger partial charge in [0.15, 0.2) is 0 Å². The van der Waals surface area contributed by atoms with Crippen molar-refractivity contribution in [3.8, 4) is 5.75 Å². The third kappa shape index (κ3) is 11.6. The monoisotopic (exact) mass is 542 g/mol. The van der Waals surface area contributed by atoms with E-state index in [2.05, 4.69) is 16.0 Å². The highest BCUT2D eigenvalue weighted by molar-refractivity contribution is 7.98. The first-order valence-electron chi connectivity index (χ1n) is 10.9. The predicted molar refractivity (Wildman–Crippen MR) is 131 cm³/mol. The molecule has 4 atom stereocenters. The minimum Gasteiger partial charge on any atom is -0.508 e. The van der Waals surface area contributed by atoms with Gasteiger partial charge < -0.3 is 42.1 Å². The molecule has 0 aromatic heterocycles. The molecule has 0 saturated carbocycles. The van der Waals surface area contributed by atoms with E-state index in [9.17, 15) is 39.0 Å². The molecule has 9 N–H and O–H groups in total. The van der Waals surface area contributed by atoms with Crippen LogP contribution in [0.3, 0.4) is 0 Å². The smallest absolute Gasteiger partial charge is 0.326 e. The Morgan fingerprint density at radius 3 is 1.84 bits per heavy atom. The average molecular weight is 543 g/mol. The number of aromatic hydroxyl groups is 1. The minimum atomic E-state index is -1.68. The Kier molecular flexibility index (Phi) is 12.9. The van der Waals surface area contributed by atoms with E-state index in [0.717, 1.165) is 0 Å². The van der Waals surface area contributed by atoms with Crippen LogP contribution in [0.15, 0.2) is 24.3 Å². The number of benzene rings is 1. The van der Waals surface area contributed by atoms with E-state index in [1.54, 1.807) is 6.26 Å². The van der Waals surface area contributed by atoms with Crippen molar-refractivity contribution in [2.24, 2.45) is 5.73 Å². The van der Waals surface area contributed by atoms with Gasteiger partial charge in [-0.3, -0.25) is 24.0 Å². The number of carboxylic acids is 3. The molecule has 1 aromatic rings. The largest absolute Gasteiger partial charge is 0.508 e. The first-order valence-corrected chi connectivity index (χ1v) is 12.3. The van der Waals surface area contributed by atoms with E-state index in [0.29, 0.717) is 11.3 Å². The van der Waals surface area contributed by atoms with E-state index in [4.69, 9.17) is 15.9 Å². The summed E-state index contributed by atoms with van der Waals surface area (Å²) in [4.78, 5) is 71.6. The van der Waals surface area contributed by atoms with Gasteiger partial charge in [0.2, 0.25) is 17.7 Å². The van der Waals surface area contributed by atoms with Crippen LogP contribution in [0.1, 0.15) is 24.8 Å². The average Bonchev–Trinajstić information content (AvgIpc) is 2.81. The minimum absolute atomic E-state index is 0.0218. The van der Waals surface area contributed by atoms with Crippen LogP contribution in [-0.4, -0.2) is 92.2 Å². The molecule has 14 nitrogen and oxygen atoms in total. The molecule has 0 heterocycles. The number of rotatable bonds is 16. The summed E-state index contributed by atoms with van der Waals surface area (Å²) < 4.78 is 0. The van der Waals surface area contributed by atoms with Crippen LogP contribution in [0.4, 0.5) is 0 Å². The summed E-state index contributed by atoms with van der Waals surface area (Å²) in [5.41, 5.74) is 5.97. The molecule has 1 rings (SSSR count). The Balaban J connectivity index is 3.01. The first-order chi connectivity index (χ1) is 17.3. The summed E-state index contributed by atoms with van der Waals surface area (Å²) in [5.74, 6) is -6.82. The fourth-order valence-electron chi connectivity index (χ4n) is 3.06. The number of amides is 3. The molecule has 0 fully saturated rings. The molecule has 0 saturated heterocycles. The number of carbonyl (C=O) groups is 6. The SMILES string of the molecule is CSCCC(NC(=O)C(CC(=O)O)NC(=O)C(N)CC(=O)O)C(=O)NC(Cc1ccc(O)cc1)C(=O)O. The van der Waals surface area contributed by atoms with Gasteiger partial charge in [0.05, 0.1) is 18.9 Å². The van der Waals surface area contributed by atoms with Crippen molar-refractivity contribution in [1.29, 1.82) is 0 Å². The lowest BCUT2D eigenvalue weighted by Gasteiger charge is -2.24. The molecule has 0 aliphatic heterocycles. The Bertz CT molecular complexity index is 988. The van der Waals surface area contributed by atoms with Crippen molar-refractivity contribution in [3.05, 3.63) is 29.8 Å². The zero-order chi connectivity index (χ0) is 28.1. The van der Waals surface area contributed by atoms with Gasteiger partial charge in [0, 0.05) is 6.42 Å². The maximum atomic E-state index is 12.9. The molecule has 4 unspecified atom stereocenters. The molecule has 37 heavy (non-hydrogen) atoms. The van der Waals surface area contributed by atoms with Crippen molar-refractivity contribution in [1.82, 2.24) is 16.0 Å². The lowest BCUT2D eigenvalue weighted by atomic mass is 10.0. The number of hydrogen-bond acceptors (Lipinski definition) is 9. The molecule has 0 aliphatic carbocycles. The number of carboxylic acid groups (broad SMARTS) is 3. The topological polar surface area (TPSA) is 245 Å². The van der Waals surface area contributed by atoms with Crippen molar-refractivity contribution < 1.29 is 49.2 Å². The Hall–Kier alpha value is -3.85. The van der Waals surface area contributed by atoms with Gasteiger partial charge in [-0.15, -0.1) is 0 Å². The second-order valence-electron chi connectivity index (χ2n) is 7.98. The van der Waals surface area contributed by atoms with Crippen molar-refractivity contribution >= 4 is 47.4 Å². The second kappa shape index (κ2) is 15.3. The molecule has 0 spiro atoms. The normalized spacial score (nSPS) is 13.9. The predicted octanol–water partition coefficient (Wildman–Crippen LogP) is -1.50. The summed E-state index contributed by atoms with van der Waals surface area (Å²) in [6, 6.07) is -0.197. The third-order valence-corrected chi connectivity index (χ3v) is 5.62. The van der Waals surface area contributed by atoms with Crippen LogP contribution >= 0.6 is 11.8 Å². The molecule has 1 aromatic carbocycles. The standard InChI is InChI=1S/C22H30N4O10S/c1-37-7-6-14(20(33)26-16(22(35)36)8-11-2-4-12(27)5-3-11)24-21(34)15(10-18(30)31)25-19(32)13(23)9-17(28)29/h2-5,13-16,27H,6-10,23H2,1H3,(H,24,34)(H,25,32)(H,26,33)(H,28,29)(H,30,31)(H,35,36). The van der Waals surface area contributed by atoms with Crippen molar-refractivity contribution in [2.75, 3.05) is 12.0 Å². The zero-order valence-corrected chi connectivity index (χ0v) is 20.7. The highest BCUT2D eigenvalue weighted by Crippen LogP contribution is 2.12. The first kappa shape index (κ1) is 31.2. The van der Waals surface area contributed by atoms with Crippen molar-refractivity contribution in [2.45, 2.75) is 49.9 Å². The van der Waals surface area contributed by atoms with E-state index < -0.39 is 72.6 Å². The number of hydrogen-bond donors (Lipinski definition) is 8. The lowest BCUT2D eigenvalue weighted by molar-refractivity contribution is -0.143. The van der Waals surface area contributed by atoms with E-state index in [1.807, 2.05) is 0 Å². The summed E-state index contributed by atoms with van der Waals surface area (Å²) in [6.07, 6.45) is 0.0235. The fraction of sp³-hybridized carbons (Fsp3) is 0.455. The van der Waals surface area contributed by atoms with Crippen LogP contribution < -0.4 is 21.7 Å². The Labute approximate surface area is 216 Å². The van der Waals surface area contributed by atoms with Gasteiger partial charge in [-0.05, 0) is 36.1 Å². The van der Waals surface area contributed by atoms with Crippen LogP contribution in [0.2, 0.25) is 0 Å². The quantitative estimate of drug-likeness (QED) is 0.119. The summed E-state index contributed by atoms with van der Waals surface area (Å²) >= 11 is 1.34. The van der Waals surface area contributed by atoms with Crippen LogP contribution in [0.5, 0.6) is 5.75 Å². The highest BCUT2D eigenvalue weighted by atomic mass is 32.2. The number of aliphatic carboxylic acids is 3. The van der Waals surface area contributed by atoms with Crippen LogP contribution in [0.25, 0.3) is 0 Å². The summed E-state index contributed by atoms with van der Waals surface area (Å²) in [6.45, 7) is 0. The molecule has 0 radical (unpaired) electrons. The Morgan fingerprint density at radius 2 is 1.32 bits per heavy atom. The number of carbonyl (C=O) groups excluding carboxylic acids is 3. The van der Waals surface area contributed by atoms with E-state index in [-0.39, 0.29) is 18.6 Å². The molecular formula is C22H30N4O10S. The van der Waals surface area contributed by atoms with Gasteiger partial charge in [0.25, 0.3) is 0 Å². The van der Waals surface area contributed by atoms with Gasteiger partial charge in [0.1, 0.15) is 23.9 Å². The maximum absolute atomic E-state index is 12.9. The van der Waals surface area contributed by atoms with Gasteiger partial charge in [-0.1, -0.05) is 12.1 Å². The summed E-state index contributed by atoms with van der Waals surface area (Å²) in [5, 5.41) is 43.6. The van der Waals surface area contributed by atoms with Gasteiger partial charge in [-0.2, -0.15) is 11.8 Å². The third-order valence-electron chi connectivity index (χ3n) is 4.98. The fourth-order valence-corrected chi connectivity index (χ4v) is 3.53. The maximum Gasteiger partial charge on any atom is 0.326 e. The number of phenolic OH excluding ortho intramolecular Hbond substituents is 1. The van der Waals surface area contributed by atoms with Gasteiger partial charge >= 0.3 is 17.9 Å². The number of nitrogens with one attached hydrogen (secondary N) is 3.